The highest BCUT2D eigenvalue weighted by atomic mass is 16.3. The van der Waals surface area contributed by atoms with Gasteiger partial charge in [-0.3, -0.25) is 0 Å². The molecule has 3 aliphatic carbocycles. The van der Waals surface area contributed by atoms with E-state index in [1.165, 1.54) is 38.5 Å². The monoisotopic (exact) mass is 292 g/mol. The zero-order valence-corrected chi connectivity index (χ0v) is 14.0. The summed E-state index contributed by atoms with van der Waals surface area (Å²) in [5.41, 5.74) is 0.545. The first-order valence-electron chi connectivity index (χ1n) is 9.04. The van der Waals surface area contributed by atoms with Gasteiger partial charge in [-0.1, -0.05) is 20.3 Å². The highest BCUT2D eigenvalue weighted by Gasteiger charge is 2.57. The van der Waals surface area contributed by atoms with Crippen LogP contribution in [0.15, 0.2) is 0 Å². The molecule has 2 heteroatoms. The second-order valence-electron chi connectivity index (χ2n) is 8.76. The third-order valence-corrected chi connectivity index (χ3v) is 7.62. The summed E-state index contributed by atoms with van der Waals surface area (Å²) in [4.78, 5) is 11.4. The van der Waals surface area contributed by atoms with Crippen molar-refractivity contribution in [2.45, 2.75) is 84.7 Å². The van der Waals surface area contributed by atoms with Crippen LogP contribution in [-0.2, 0) is 4.79 Å². The van der Waals surface area contributed by atoms with E-state index in [1.54, 1.807) is 6.92 Å². The number of carbonyl (C=O) groups excluding carboxylic acids is 1. The fourth-order valence-electron chi connectivity index (χ4n) is 6.23. The molecular weight excluding hydrogens is 260 g/mol. The maximum atomic E-state index is 11.4. The van der Waals surface area contributed by atoms with Gasteiger partial charge in [0.2, 0.25) is 0 Å². The Morgan fingerprint density at radius 1 is 1.10 bits per heavy atom. The standard InChI is InChI=1S/C19H32O2/c1-13(20)8-11-18(2)10-4-5-14-15(18)9-12-19(3)16(14)6-7-17(19)21/h14-17,21H,4-12H2,1-3H3/t14-,15+,16+,17?,18-,19+/m1/s1. The van der Waals surface area contributed by atoms with Crippen LogP contribution in [0.1, 0.15) is 78.6 Å². The molecule has 0 aromatic carbocycles. The van der Waals surface area contributed by atoms with E-state index in [0.717, 1.165) is 37.0 Å². The van der Waals surface area contributed by atoms with Crippen LogP contribution >= 0.6 is 0 Å². The van der Waals surface area contributed by atoms with Crippen molar-refractivity contribution in [1.29, 1.82) is 0 Å². The first kappa shape index (κ1) is 15.5. The summed E-state index contributed by atoms with van der Waals surface area (Å²) in [7, 11) is 0. The van der Waals surface area contributed by atoms with Gasteiger partial charge in [-0.15, -0.1) is 0 Å². The normalized spacial score (nSPS) is 49.5. The number of ketones is 1. The quantitative estimate of drug-likeness (QED) is 0.839. The van der Waals surface area contributed by atoms with Crippen LogP contribution in [-0.4, -0.2) is 17.0 Å². The number of fused-ring (bicyclic) bond motifs is 3. The Kier molecular flexibility index (Phi) is 3.97. The minimum atomic E-state index is -0.0751. The van der Waals surface area contributed by atoms with E-state index in [0.29, 0.717) is 11.2 Å². The SMILES string of the molecule is CC(=O)CC[C@@]1(C)CCC[C@@H]2[C@@H]1CC[C@]1(C)C(O)CC[C@@H]21. The lowest BCUT2D eigenvalue weighted by atomic mass is 9.49. The number of aliphatic hydroxyl groups is 1. The molecule has 3 aliphatic rings. The Morgan fingerprint density at radius 2 is 1.86 bits per heavy atom. The van der Waals surface area contributed by atoms with Gasteiger partial charge in [-0.05, 0) is 80.5 Å². The largest absolute Gasteiger partial charge is 0.393 e. The smallest absolute Gasteiger partial charge is 0.129 e. The highest BCUT2D eigenvalue weighted by Crippen LogP contribution is 2.63. The molecule has 0 spiro atoms. The van der Waals surface area contributed by atoms with Gasteiger partial charge in [-0.2, -0.15) is 0 Å². The highest BCUT2D eigenvalue weighted by molar-refractivity contribution is 5.75. The number of carbonyl (C=O) groups is 1. The van der Waals surface area contributed by atoms with Gasteiger partial charge in [0.15, 0.2) is 0 Å². The van der Waals surface area contributed by atoms with Crippen LogP contribution < -0.4 is 0 Å². The molecule has 3 saturated carbocycles. The van der Waals surface area contributed by atoms with Gasteiger partial charge in [0.1, 0.15) is 5.78 Å². The van der Waals surface area contributed by atoms with Crippen LogP contribution in [0.2, 0.25) is 0 Å². The lowest BCUT2D eigenvalue weighted by molar-refractivity contribution is -0.119. The summed E-state index contributed by atoms with van der Waals surface area (Å²) in [5, 5.41) is 10.4. The maximum Gasteiger partial charge on any atom is 0.129 e. The summed E-state index contributed by atoms with van der Waals surface area (Å²) < 4.78 is 0. The Morgan fingerprint density at radius 3 is 2.57 bits per heavy atom. The van der Waals surface area contributed by atoms with Crippen LogP contribution in [0.4, 0.5) is 0 Å². The third kappa shape index (κ3) is 2.48. The fourth-order valence-corrected chi connectivity index (χ4v) is 6.23. The minimum absolute atomic E-state index is 0.0751. The third-order valence-electron chi connectivity index (χ3n) is 7.62. The number of hydrogen-bond donors (Lipinski definition) is 1. The van der Waals surface area contributed by atoms with Crippen LogP contribution in [0, 0.1) is 28.6 Å². The Balaban J connectivity index is 1.80. The van der Waals surface area contributed by atoms with Gasteiger partial charge in [0.05, 0.1) is 6.10 Å². The predicted molar refractivity (Wildman–Crippen MR) is 84.9 cm³/mol. The molecule has 0 heterocycles. The fraction of sp³-hybridized carbons (Fsp3) is 0.947. The zero-order chi connectivity index (χ0) is 15.3. The topological polar surface area (TPSA) is 37.3 Å². The molecule has 1 N–H and O–H groups in total. The molecule has 120 valence electrons. The molecule has 0 aliphatic heterocycles. The van der Waals surface area contributed by atoms with Gasteiger partial charge < -0.3 is 9.90 Å². The molecule has 1 unspecified atom stereocenters. The molecule has 0 radical (unpaired) electrons. The molecule has 0 aromatic rings. The Bertz CT molecular complexity index is 418. The van der Waals surface area contributed by atoms with Crippen LogP contribution in [0.25, 0.3) is 0 Å². The van der Waals surface area contributed by atoms with Crippen molar-refractivity contribution in [2.24, 2.45) is 28.6 Å². The maximum absolute atomic E-state index is 11.4. The van der Waals surface area contributed by atoms with Crippen molar-refractivity contribution < 1.29 is 9.90 Å². The summed E-state index contributed by atoms with van der Waals surface area (Å²) in [5.74, 6) is 2.65. The number of Topliss-reactive ketones (excluding diaryl/α,β-unsaturated/α-hetero) is 1. The first-order valence-corrected chi connectivity index (χ1v) is 9.04. The average molecular weight is 292 g/mol. The molecule has 6 atom stereocenters. The lowest BCUT2D eigenvalue weighted by Crippen LogP contribution is -2.49. The summed E-state index contributed by atoms with van der Waals surface area (Å²) >= 11 is 0. The van der Waals surface area contributed by atoms with Crippen molar-refractivity contribution in [3.05, 3.63) is 0 Å². The second-order valence-corrected chi connectivity index (χ2v) is 8.76. The van der Waals surface area contributed by atoms with Gasteiger partial charge in [0, 0.05) is 6.42 Å². The molecule has 21 heavy (non-hydrogen) atoms. The second kappa shape index (κ2) is 5.37. The first-order chi connectivity index (χ1) is 9.87. The van der Waals surface area contributed by atoms with Crippen molar-refractivity contribution in [3.63, 3.8) is 0 Å². The van der Waals surface area contributed by atoms with E-state index in [1.807, 2.05) is 0 Å². The zero-order valence-electron chi connectivity index (χ0n) is 14.0. The Hall–Kier alpha value is -0.370. The minimum Gasteiger partial charge on any atom is -0.393 e. The van der Waals surface area contributed by atoms with Crippen LogP contribution in [0.3, 0.4) is 0 Å². The Labute approximate surface area is 129 Å². The van der Waals surface area contributed by atoms with Crippen molar-refractivity contribution >= 4 is 5.78 Å². The number of hydrogen-bond acceptors (Lipinski definition) is 2. The molecule has 3 fully saturated rings. The van der Waals surface area contributed by atoms with Gasteiger partial charge in [0.25, 0.3) is 0 Å². The number of rotatable bonds is 3. The molecule has 0 bridgehead atoms. The van der Waals surface area contributed by atoms with E-state index >= 15 is 0 Å². The molecule has 0 aromatic heterocycles. The van der Waals surface area contributed by atoms with Gasteiger partial charge in [-0.25, -0.2) is 0 Å². The molecule has 0 saturated heterocycles. The van der Waals surface area contributed by atoms with Crippen LogP contribution in [0.5, 0.6) is 0 Å². The summed E-state index contributed by atoms with van der Waals surface area (Å²) in [6.45, 7) is 6.52. The lowest BCUT2D eigenvalue weighted by Gasteiger charge is -2.56. The average Bonchev–Trinajstić information content (AvgIpc) is 2.73. The summed E-state index contributed by atoms with van der Waals surface area (Å²) in [6, 6.07) is 0. The molecule has 3 rings (SSSR count). The van der Waals surface area contributed by atoms with E-state index in [9.17, 15) is 9.90 Å². The number of aliphatic hydroxyl groups excluding tert-OH is 1. The van der Waals surface area contributed by atoms with Crippen molar-refractivity contribution in [1.82, 2.24) is 0 Å². The molecular formula is C19H32O2. The predicted octanol–water partition coefficient (Wildman–Crippen LogP) is 4.35. The van der Waals surface area contributed by atoms with Crippen molar-refractivity contribution in [3.8, 4) is 0 Å². The van der Waals surface area contributed by atoms with Gasteiger partial charge >= 0.3 is 0 Å². The van der Waals surface area contributed by atoms with Crippen molar-refractivity contribution in [2.75, 3.05) is 0 Å². The molecule has 0 amide bonds. The van der Waals surface area contributed by atoms with E-state index in [4.69, 9.17) is 0 Å². The summed E-state index contributed by atoms with van der Waals surface area (Å²) in [6.07, 6.45) is 10.4. The van der Waals surface area contributed by atoms with E-state index in [2.05, 4.69) is 13.8 Å². The van der Waals surface area contributed by atoms with E-state index in [-0.39, 0.29) is 11.5 Å². The molecule has 2 nitrogen and oxygen atoms in total. The van der Waals surface area contributed by atoms with E-state index < -0.39 is 0 Å².